The average Bonchev–Trinajstić information content (AvgIpc) is 2.39. The molecule has 0 unspecified atom stereocenters. The van der Waals surface area contributed by atoms with Crippen LogP contribution in [0.5, 0.6) is 5.75 Å². The van der Waals surface area contributed by atoms with Gasteiger partial charge in [-0.15, -0.1) is 0 Å². The molecule has 0 radical (unpaired) electrons. The third-order valence-electron chi connectivity index (χ3n) is 4.44. The Kier molecular flexibility index (Phi) is 7.64. The molecular weight excluding hydrogens is 280 g/mol. The Hall–Kier alpha value is -0.980. The minimum Gasteiger partial charge on any atom is -0.508 e. The quantitative estimate of drug-likeness (QED) is 0.516. The van der Waals surface area contributed by atoms with Gasteiger partial charge in [-0.3, -0.25) is 0 Å². The van der Waals surface area contributed by atoms with E-state index in [2.05, 4.69) is 47.6 Å². The van der Waals surface area contributed by atoms with Gasteiger partial charge in [0, 0.05) is 0 Å². The van der Waals surface area contributed by atoms with E-state index in [1.165, 1.54) is 49.7 Å². The van der Waals surface area contributed by atoms with Crippen molar-refractivity contribution < 1.29 is 5.11 Å². The lowest BCUT2D eigenvalue weighted by Crippen LogP contribution is -2.05. The highest BCUT2D eigenvalue weighted by molar-refractivity contribution is 5.35. The molecule has 0 aromatic heterocycles. The highest BCUT2D eigenvalue weighted by Crippen LogP contribution is 2.26. The van der Waals surface area contributed by atoms with Crippen LogP contribution in [0.4, 0.5) is 0 Å². The molecule has 0 spiro atoms. The van der Waals surface area contributed by atoms with Crippen LogP contribution in [0.15, 0.2) is 18.2 Å². The van der Waals surface area contributed by atoms with Crippen LogP contribution in [0.2, 0.25) is 0 Å². The highest BCUT2D eigenvalue weighted by Gasteiger charge is 2.11. The molecule has 0 saturated carbocycles. The van der Waals surface area contributed by atoms with Crippen LogP contribution in [0.1, 0.15) is 91.2 Å². The van der Waals surface area contributed by atoms with Crippen LogP contribution in [-0.2, 0) is 12.8 Å². The first kappa shape index (κ1) is 20.1. The van der Waals surface area contributed by atoms with Crippen LogP contribution in [0, 0.1) is 10.8 Å². The Morgan fingerprint density at radius 2 is 1.17 bits per heavy atom. The van der Waals surface area contributed by atoms with Gasteiger partial charge in [0.1, 0.15) is 5.75 Å². The minimum absolute atomic E-state index is 0.411. The van der Waals surface area contributed by atoms with E-state index in [4.69, 9.17) is 0 Å². The molecule has 1 heteroatoms. The maximum absolute atomic E-state index is 9.80. The largest absolute Gasteiger partial charge is 0.508 e. The Morgan fingerprint density at radius 3 is 1.65 bits per heavy atom. The number of rotatable bonds is 8. The number of phenols is 1. The normalized spacial score (nSPS) is 12.6. The molecule has 0 aliphatic rings. The molecule has 0 bridgehead atoms. The zero-order valence-electron chi connectivity index (χ0n) is 16.3. The van der Waals surface area contributed by atoms with Gasteiger partial charge in [0.2, 0.25) is 0 Å². The van der Waals surface area contributed by atoms with E-state index in [0.717, 1.165) is 12.8 Å². The van der Waals surface area contributed by atoms with E-state index in [-0.39, 0.29) is 0 Å². The molecule has 1 aromatic rings. The Morgan fingerprint density at radius 1 is 0.696 bits per heavy atom. The third-order valence-corrected chi connectivity index (χ3v) is 4.44. The molecule has 1 N–H and O–H groups in total. The van der Waals surface area contributed by atoms with Gasteiger partial charge in [0.15, 0.2) is 0 Å². The Balaban J connectivity index is 2.49. The third kappa shape index (κ3) is 9.69. The van der Waals surface area contributed by atoms with Crippen LogP contribution >= 0.6 is 0 Å². The fraction of sp³-hybridized carbons (Fsp3) is 0.727. The van der Waals surface area contributed by atoms with Gasteiger partial charge in [-0.25, -0.2) is 0 Å². The molecule has 23 heavy (non-hydrogen) atoms. The van der Waals surface area contributed by atoms with Crippen LogP contribution in [0.3, 0.4) is 0 Å². The van der Waals surface area contributed by atoms with Crippen LogP contribution in [0.25, 0.3) is 0 Å². The minimum atomic E-state index is 0.411. The molecule has 0 atom stereocenters. The summed E-state index contributed by atoms with van der Waals surface area (Å²) in [4.78, 5) is 0. The molecule has 0 amide bonds. The van der Waals surface area contributed by atoms with Gasteiger partial charge in [0.25, 0.3) is 0 Å². The maximum atomic E-state index is 9.80. The SMILES string of the molecule is CC(C)(C)CCCCc1ccc(O)cc1CCCCC(C)(C)C. The zero-order chi connectivity index (χ0) is 17.5. The van der Waals surface area contributed by atoms with Crippen molar-refractivity contribution >= 4 is 0 Å². The first-order valence-corrected chi connectivity index (χ1v) is 9.38. The molecule has 1 aromatic carbocycles. The number of aryl methyl sites for hydroxylation is 2. The monoisotopic (exact) mass is 318 g/mol. The maximum Gasteiger partial charge on any atom is 0.115 e. The summed E-state index contributed by atoms with van der Waals surface area (Å²) in [6.07, 6.45) is 9.81. The second kappa shape index (κ2) is 8.76. The summed E-state index contributed by atoms with van der Waals surface area (Å²) >= 11 is 0. The Labute approximate surface area is 144 Å². The van der Waals surface area contributed by atoms with Crippen molar-refractivity contribution in [2.75, 3.05) is 0 Å². The fourth-order valence-electron chi connectivity index (χ4n) is 3.03. The standard InChI is InChI=1S/C22H38O/c1-21(2,3)15-9-7-11-18-13-14-20(23)17-19(18)12-8-10-16-22(4,5)6/h13-14,17,23H,7-12,15-16H2,1-6H3. The zero-order valence-corrected chi connectivity index (χ0v) is 16.3. The number of hydrogen-bond donors (Lipinski definition) is 1. The van der Waals surface area contributed by atoms with Gasteiger partial charge in [-0.2, -0.15) is 0 Å². The van der Waals surface area contributed by atoms with Crippen molar-refractivity contribution in [3.63, 3.8) is 0 Å². The van der Waals surface area contributed by atoms with Gasteiger partial charge in [-0.05, 0) is 72.6 Å². The van der Waals surface area contributed by atoms with E-state index in [1.54, 1.807) is 0 Å². The van der Waals surface area contributed by atoms with E-state index in [9.17, 15) is 5.11 Å². The summed E-state index contributed by atoms with van der Waals surface area (Å²) in [6, 6.07) is 5.96. The van der Waals surface area contributed by atoms with Crippen LogP contribution < -0.4 is 0 Å². The number of hydrogen-bond acceptors (Lipinski definition) is 1. The summed E-state index contributed by atoms with van der Waals surface area (Å²) in [7, 11) is 0. The highest BCUT2D eigenvalue weighted by atomic mass is 16.3. The van der Waals surface area contributed by atoms with E-state index in [1.807, 2.05) is 12.1 Å². The van der Waals surface area contributed by atoms with Crippen molar-refractivity contribution in [3.05, 3.63) is 29.3 Å². The molecule has 1 rings (SSSR count). The average molecular weight is 319 g/mol. The molecule has 0 aliphatic carbocycles. The molecule has 1 nitrogen and oxygen atoms in total. The van der Waals surface area contributed by atoms with Crippen molar-refractivity contribution in [1.82, 2.24) is 0 Å². The van der Waals surface area contributed by atoms with Gasteiger partial charge in [-0.1, -0.05) is 60.5 Å². The lowest BCUT2D eigenvalue weighted by molar-refractivity contribution is 0.359. The molecule has 0 aliphatic heterocycles. The predicted molar refractivity (Wildman–Crippen MR) is 102 cm³/mol. The fourth-order valence-corrected chi connectivity index (χ4v) is 3.03. The predicted octanol–water partition coefficient (Wildman–Crippen LogP) is 6.91. The van der Waals surface area contributed by atoms with E-state index in [0.29, 0.717) is 16.6 Å². The summed E-state index contributed by atoms with van der Waals surface area (Å²) in [5.74, 6) is 0.411. The lowest BCUT2D eigenvalue weighted by Gasteiger charge is -2.18. The van der Waals surface area contributed by atoms with Crippen LogP contribution in [-0.4, -0.2) is 5.11 Å². The van der Waals surface area contributed by atoms with Crippen molar-refractivity contribution in [2.45, 2.75) is 92.9 Å². The number of unbranched alkanes of at least 4 members (excludes halogenated alkanes) is 2. The van der Waals surface area contributed by atoms with Gasteiger partial charge < -0.3 is 5.11 Å². The smallest absolute Gasteiger partial charge is 0.115 e. The lowest BCUT2D eigenvalue weighted by atomic mass is 9.87. The van der Waals surface area contributed by atoms with Gasteiger partial charge >= 0.3 is 0 Å². The topological polar surface area (TPSA) is 20.2 Å². The Bertz CT molecular complexity index is 460. The summed E-state index contributed by atoms with van der Waals surface area (Å²) in [5, 5.41) is 9.80. The second-order valence-electron chi connectivity index (χ2n) is 9.49. The van der Waals surface area contributed by atoms with Crippen molar-refractivity contribution in [1.29, 1.82) is 0 Å². The number of phenolic OH excluding ortho intramolecular Hbond substituents is 1. The first-order chi connectivity index (χ1) is 10.6. The first-order valence-electron chi connectivity index (χ1n) is 9.38. The molecular formula is C22H38O. The molecule has 0 fully saturated rings. The summed E-state index contributed by atoms with van der Waals surface area (Å²) in [6.45, 7) is 13.9. The molecule has 0 heterocycles. The molecule has 0 saturated heterocycles. The van der Waals surface area contributed by atoms with Crippen molar-refractivity contribution in [2.24, 2.45) is 10.8 Å². The van der Waals surface area contributed by atoms with E-state index < -0.39 is 0 Å². The van der Waals surface area contributed by atoms with Crippen molar-refractivity contribution in [3.8, 4) is 5.75 Å². The molecule has 132 valence electrons. The number of benzene rings is 1. The summed E-state index contributed by atoms with van der Waals surface area (Å²) in [5.41, 5.74) is 3.65. The summed E-state index contributed by atoms with van der Waals surface area (Å²) < 4.78 is 0. The van der Waals surface area contributed by atoms with E-state index >= 15 is 0 Å². The number of aromatic hydroxyl groups is 1. The van der Waals surface area contributed by atoms with Gasteiger partial charge in [0.05, 0.1) is 0 Å². The second-order valence-corrected chi connectivity index (χ2v) is 9.49.